The molecule has 1 atom stereocenters. The maximum atomic E-state index is 13.7. The largest absolute Gasteiger partial charge is 0.491 e. The lowest BCUT2D eigenvalue weighted by Crippen LogP contribution is -2.40. The Morgan fingerprint density at radius 2 is 2.26 bits per heavy atom. The molecule has 3 rings (SSSR count). The topological polar surface area (TPSA) is 106 Å². The first-order valence-corrected chi connectivity index (χ1v) is 8.95. The van der Waals surface area contributed by atoms with Gasteiger partial charge in [-0.25, -0.2) is 4.39 Å². The minimum Gasteiger partial charge on any atom is -0.491 e. The van der Waals surface area contributed by atoms with Gasteiger partial charge in [0.1, 0.15) is 30.6 Å². The first kappa shape index (κ1) is 19.2. The van der Waals surface area contributed by atoms with Crippen LogP contribution in [-0.4, -0.2) is 56.9 Å². The van der Waals surface area contributed by atoms with Gasteiger partial charge in [0.2, 0.25) is 0 Å². The van der Waals surface area contributed by atoms with Gasteiger partial charge in [0.15, 0.2) is 5.82 Å². The molecule has 0 aliphatic carbocycles. The van der Waals surface area contributed by atoms with Crippen molar-refractivity contribution in [3.8, 4) is 5.75 Å². The van der Waals surface area contributed by atoms with Gasteiger partial charge < -0.3 is 25.0 Å². The number of halogens is 1. The number of aliphatic hydroxyl groups is 1. The third kappa shape index (κ3) is 4.09. The number of nitrogens with two attached hydrogens (primary N) is 1. The van der Waals surface area contributed by atoms with Crippen molar-refractivity contribution in [2.45, 2.75) is 25.4 Å². The number of hydrogen-bond acceptors (Lipinski definition) is 6. The lowest BCUT2D eigenvalue weighted by atomic mass is 9.96. The van der Waals surface area contributed by atoms with Crippen LogP contribution in [0.5, 0.6) is 5.75 Å². The van der Waals surface area contributed by atoms with Crippen LogP contribution >= 0.6 is 0 Å². The van der Waals surface area contributed by atoms with E-state index in [-0.39, 0.29) is 30.6 Å². The molecule has 27 heavy (non-hydrogen) atoms. The fourth-order valence-corrected chi connectivity index (χ4v) is 3.38. The minimum absolute atomic E-state index is 0.00229. The number of likely N-dealkylation sites (tertiary alicyclic amines) is 1. The van der Waals surface area contributed by atoms with Crippen molar-refractivity contribution < 1.29 is 19.0 Å². The quantitative estimate of drug-likeness (QED) is 0.771. The van der Waals surface area contributed by atoms with Gasteiger partial charge in [-0.2, -0.15) is 0 Å². The predicted molar refractivity (Wildman–Crippen MR) is 95.8 cm³/mol. The highest BCUT2D eigenvalue weighted by Crippen LogP contribution is 2.29. The van der Waals surface area contributed by atoms with Crippen molar-refractivity contribution in [3.63, 3.8) is 0 Å². The molecule has 8 nitrogen and oxygen atoms in total. The number of hydrogen-bond donors (Lipinski definition) is 2. The number of rotatable bonds is 6. The molecule has 0 unspecified atom stereocenters. The molecule has 1 aliphatic rings. The molecule has 3 N–H and O–H groups in total. The van der Waals surface area contributed by atoms with E-state index in [1.807, 2.05) is 0 Å². The van der Waals surface area contributed by atoms with E-state index < -0.39 is 5.82 Å². The minimum atomic E-state index is -0.493. The molecular formula is C18H24FN5O3. The van der Waals surface area contributed by atoms with Crippen LogP contribution in [0.4, 0.5) is 4.39 Å². The zero-order chi connectivity index (χ0) is 19.4. The molecule has 0 bridgehead atoms. The molecular weight excluding hydrogens is 353 g/mol. The molecule has 0 spiro atoms. The van der Waals surface area contributed by atoms with Gasteiger partial charge >= 0.3 is 0 Å². The fraction of sp³-hybridized carbons (Fsp3) is 0.500. The van der Waals surface area contributed by atoms with Crippen LogP contribution in [0, 0.1) is 5.82 Å². The van der Waals surface area contributed by atoms with Crippen molar-refractivity contribution in [2.75, 3.05) is 26.2 Å². The number of amides is 1. The highest BCUT2D eigenvalue weighted by atomic mass is 19.1. The van der Waals surface area contributed by atoms with Crippen LogP contribution in [0.2, 0.25) is 0 Å². The van der Waals surface area contributed by atoms with E-state index in [2.05, 4.69) is 10.2 Å². The van der Waals surface area contributed by atoms with Crippen LogP contribution in [0.25, 0.3) is 0 Å². The third-order valence-corrected chi connectivity index (χ3v) is 4.76. The first-order chi connectivity index (χ1) is 13.0. The second-order valence-electron chi connectivity index (χ2n) is 6.56. The third-order valence-electron chi connectivity index (χ3n) is 4.76. The van der Waals surface area contributed by atoms with Crippen LogP contribution in [0.3, 0.4) is 0 Å². The second-order valence-corrected chi connectivity index (χ2v) is 6.56. The van der Waals surface area contributed by atoms with Gasteiger partial charge in [-0.15, -0.1) is 10.2 Å². The molecule has 2 heterocycles. The van der Waals surface area contributed by atoms with E-state index in [1.54, 1.807) is 16.5 Å². The molecule has 1 aromatic heterocycles. The summed E-state index contributed by atoms with van der Waals surface area (Å²) in [5.41, 5.74) is 5.65. The van der Waals surface area contributed by atoms with E-state index in [4.69, 9.17) is 10.5 Å². The molecule has 1 aliphatic heterocycles. The van der Waals surface area contributed by atoms with E-state index >= 15 is 0 Å². The van der Waals surface area contributed by atoms with Crippen LogP contribution in [0.1, 0.15) is 40.8 Å². The van der Waals surface area contributed by atoms with E-state index in [1.165, 1.54) is 18.2 Å². The Morgan fingerprint density at radius 1 is 1.44 bits per heavy atom. The summed E-state index contributed by atoms with van der Waals surface area (Å²) in [6, 6.07) is 3.91. The number of nitrogens with zero attached hydrogens (tertiary/aromatic N) is 4. The Labute approximate surface area is 156 Å². The van der Waals surface area contributed by atoms with E-state index in [9.17, 15) is 14.3 Å². The molecule has 1 fully saturated rings. The molecule has 1 aromatic carbocycles. The average molecular weight is 377 g/mol. The molecule has 1 amide bonds. The summed E-state index contributed by atoms with van der Waals surface area (Å²) in [6.45, 7) is 1.38. The maximum absolute atomic E-state index is 13.7. The Balaban J connectivity index is 1.81. The van der Waals surface area contributed by atoms with Gasteiger partial charge in [0.05, 0.1) is 5.56 Å². The highest BCUT2D eigenvalue weighted by molar-refractivity contribution is 5.97. The summed E-state index contributed by atoms with van der Waals surface area (Å²) in [5, 5.41) is 17.4. The lowest BCUT2D eigenvalue weighted by molar-refractivity contribution is 0.0698. The van der Waals surface area contributed by atoms with Crippen LogP contribution in [-0.2, 0) is 13.7 Å². The number of piperidine rings is 1. The molecule has 9 heteroatoms. The van der Waals surface area contributed by atoms with Crippen molar-refractivity contribution in [1.29, 1.82) is 0 Å². The monoisotopic (exact) mass is 377 g/mol. The van der Waals surface area contributed by atoms with Crippen molar-refractivity contribution in [1.82, 2.24) is 19.7 Å². The van der Waals surface area contributed by atoms with E-state index in [0.29, 0.717) is 31.2 Å². The van der Waals surface area contributed by atoms with Crippen LogP contribution in [0.15, 0.2) is 18.2 Å². The second kappa shape index (κ2) is 8.45. The molecule has 0 radical (unpaired) electrons. The standard InChI is InChI=1S/C18H24FN5O3/c1-23-16(11-25)21-22-17(23)12-3-2-7-24(10-12)18(26)14-9-13(19)4-5-15(14)27-8-6-20/h4-5,9,12,25H,2-3,6-8,10-11,20H2,1H3/t12-/m1/s1. The zero-order valence-corrected chi connectivity index (χ0v) is 15.3. The summed E-state index contributed by atoms with van der Waals surface area (Å²) >= 11 is 0. The number of carbonyl (C=O) groups is 1. The summed E-state index contributed by atoms with van der Waals surface area (Å²) in [4.78, 5) is 14.7. The van der Waals surface area contributed by atoms with Gasteiger partial charge in [-0.1, -0.05) is 0 Å². The Hall–Kier alpha value is -2.52. The van der Waals surface area contributed by atoms with Crippen molar-refractivity contribution in [2.24, 2.45) is 12.8 Å². The van der Waals surface area contributed by atoms with Crippen LogP contribution < -0.4 is 10.5 Å². The SMILES string of the molecule is Cn1c(CO)nnc1[C@@H]1CCCN(C(=O)c2cc(F)ccc2OCCN)C1. The number of aliphatic hydroxyl groups excluding tert-OH is 1. The molecule has 1 saturated heterocycles. The Kier molecular flexibility index (Phi) is 6.02. The van der Waals surface area contributed by atoms with Crippen molar-refractivity contribution >= 4 is 5.91 Å². The fourth-order valence-electron chi connectivity index (χ4n) is 3.38. The zero-order valence-electron chi connectivity index (χ0n) is 15.3. The maximum Gasteiger partial charge on any atom is 0.257 e. The molecule has 2 aromatic rings. The average Bonchev–Trinajstić information content (AvgIpc) is 3.07. The summed E-state index contributed by atoms with van der Waals surface area (Å²) < 4.78 is 21.0. The summed E-state index contributed by atoms with van der Waals surface area (Å²) in [7, 11) is 1.80. The Morgan fingerprint density at radius 3 is 2.96 bits per heavy atom. The number of benzene rings is 1. The highest BCUT2D eigenvalue weighted by Gasteiger charge is 2.30. The first-order valence-electron chi connectivity index (χ1n) is 8.95. The summed E-state index contributed by atoms with van der Waals surface area (Å²) in [5.74, 6) is 0.771. The number of carbonyl (C=O) groups excluding carboxylic acids is 1. The Bertz CT molecular complexity index is 810. The van der Waals surface area contributed by atoms with Gasteiger partial charge in [0.25, 0.3) is 5.91 Å². The predicted octanol–water partition coefficient (Wildman–Crippen LogP) is 0.804. The van der Waals surface area contributed by atoms with E-state index in [0.717, 1.165) is 18.7 Å². The number of aromatic nitrogens is 3. The van der Waals surface area contributed by atoms with Gasteiger partial charge in [0, 0.05) is 32.6 Å². The lowest BCUT2D eigenvalue weighted by Gasteiger charge is -2.32. The summed E-state index contributed by atoms with van der Waals surface area (Å²) in [6.07, 6.45) is 1.66. The smallest absolute Gasteiger partial charge is 0.257 e. The number of ether oxygens (including phenoxy) is 1. The normalized spacial score (nSPS) is 17.2. The van der Waals surface area contributed by atoms with Gasteiger partial charge in [-0.3, -0.25) is 4.79 Å². The van der Waals surface area contributed by atoms with Crippen molar-refractivity contribution in [3.05, 3.63) is 41.2 Å². The molecule has 146 valence electrons. The molecule has 0 saturated carbocycles. The van der Waals surface area contributed by atoms with Gasteiger partial charge in [-0.05, 0) is 31.0 Å².